The molecule has 3 heterocycles. The number of para-hydroxylation sites is 1. The number of rotatable bonds is 6. The molecule has 0 saturated carbocycles. The van der Waals surface area contributed by atoms with Crippen LogP contribution in [-0.2, 0) is 15.1 Å². The highest BCUT2D eigenvalue weighted by Crippen LogP contribution is 2.44. The molecular formula is C26H29N3O5. The van der Waals surface area contributed by atoms with Crippen LogP contribution in [0.4, 0.5) is 5.69 Å². The summed E-state index contributed by atoms with van der Waals surface area (Å²) in [7, 11) is 0. The number of hydrogen-bond donors (Lipinski definition) is 1. The van der Waals surface area contributed by atoms with E-state index in [2.05, 4.69) is 5.32 Å². The van der Waals surface area contributed by atoms with Crippen LogP contribution in [0.1, 0.15) is 62.4 Å². The van der Waals surface area contributed by atoms with Crippen molar-refractivity contribution in [1.29, 1.82) is 0 Å². The van der Waals surface area contributed by atoms with Gasteiger partial charge >= 0.3 is 0 Å². The summed E-state index contributed by atoms with van der Waals surface area (Å²) in [5.74, 6) is 1.21. The third-order valence-corrected chi connectivity index (χ3v) is 7.08. The van der Waals surface area contributed by atoms with Crippen LogP contribution < -0.4 is 19.7 Å². The molecule has 1 unspecified atom stereocenters. The Morgan fingerprint density at radius 2 is 1.88 bits per heavy atom. The van der Waals surface area contributed by atoms with Gasteiger partial charge in [-0.3, -0.25) is 19.3 Å². The van der Waals surface area contributed by atoms with Crippen LogP contribution >= 0.6 is 0 Å². The molecule has 0 radical (unpaired) electrons. The van der Waals surface area contributed by atoms with E-state index in [1.807, 2.05) is 57.2 Å². The third kappa shape index (κ3) is 3.57. The number of benzene rings is 2. The fraction of sp³-hybridized carbons (Fsp3) is 0.423. The molecule has 0 bridgehead atoms. The molecule has 3 aliphatic heterocycles. The number of fused-ring (bicyclic) bond motifs is 4. The monoisotopic (exact) mass is 463 g/mol. The first-order valence-corrected chi connectivity index (χ1v) is 11.7. The molecule has 178 valence electrons. The predicted octanol–water partition coefficient (Wildman–Crippen LogP) is 3.55. The molecule has 2 aromatic carbocycles. The van der Waals surface area contributed by atoms with Gasteiger partial charge in [-0.2, -0.15) is 0 Å². The van der Waals surface area contributed by atoms with Crippen molar-refractivity contribution in [3.05, 3.63) is 53.6 Å². The predicted molar refractivity (Wildman–Crippen MR) is 126 cm³/mol. The fourth-order valence-corrected chi connectivity index (χ4v) is 5.21. The van der Waals surface area contributed by atoms with E-state index in [1.165, 1.54) is 0 Å². The normalized spacial score (nSPS) is 20.9. The van der Waals surface area contributed by atoms with Crippen LogP contribution in [0.5, 0.6) is 11.5 Å². The zero-order valence-electron chi connectivity index (χ0n) is 19.7. The molecule has 1 atom stereocenters. The Hall–Kier alpha value is -3.55. The summed E-state index contributed by atoms with van der Waals surface area (Å²) in [5, 5.41) is 3.09. The van der Waals surface area contributed by atoms with E-state index >= 15 is 0 Å². The minimum atomic E-state index is -0.704. The molecular weight excluding hydrogens is 434 g/mol. The van der Waals surface area contributed by atoms with E-state index in [4.69, 9.17) is 9.47 Å². The van der Waals surface area contributed by atoms with Gasteiger partial charge in [-0.15, -0.1) is 0 Å². The van der Waals surface area contributed by atoms with E-state index in [1.54, 1.807) is 15.9 Å². The summed E-state index contributed by atoms with van der Waals surface area (Å²) in [6, 6.07) is 12.9. The Bertz CT molecular complexity index is 1180. The number of anilines is 1. The molecule has 1 fully saturated rings. The topological polar surface area (TPSA) is 88.2 Å². The van der Waals surface area contributed by atoms with Crippen LogP contribution in [0.3, 0.4) is 0 Å². The molecule has 0 spiro atoms. The maximum Gasteiger partial charge on any atom is 0.257 e. The lowest BCUT2D eigenvalue weighted by Gasteiger charge is -2.48. The summed E-state index contributed by atoms with van der Waals surface area (Å²) in [6.45, 7) is 6.42. The summed E-state index contributed by atoms with van der Waals surface area (Å²) < 4.78 is 10.8. The van der Waals surface area contributed by atoms with Crippen LogP contribution in [0.2, 0.25) is 0 Å². The third-order valence-electron chi connectivity index (χ3n) is 7.08. The summed E-state index contributed by atoms with van der Waals surface area (Å²) >= 11 is 0. The van der Waals surface area contributed by atoms with Crippen LogP contribution in [0.15, 0.2) is 42.5 Å². The van der Waals surface area contributed by atoms with Crippen molar-refractivity contribution in [1.82, 2.24) is 10.2 Å². The van der Waals surface area contributed by atoms with Gasteiger partial charge in [-0.05, 0) is 63.4 Å². The molecule has 8 nitrogen and oxygen atoms in total. The number of hydrogen-bond acceptors (Lipinski definition) is 5. The molecule has 1 N–H and O–H groups in total. The first kappa shape index (κ1) is 22.3. The Morgan fingerprint density at radius 3 is 2.71 bits per heavy atom. The molecule has 1 saturated heterocycles. The van der Waals surface area contributed by atoms with E-state index in [9.17, 15) is 14.4 Å². The lowest BCUT2D eigenvalue weighted by molar-refractivity contribution is -0.123. The molecule has 0 aliphatic carbocycles. The van der Waals surface area contributed by atoms with Gasteiger partial charge in [0.2, 0.25) is 18.6 Å². The number of nitrogens with one attached hydrogen (secondary N) is 1. The standard InChI is InChI=1S/C26H29N3O5/c1-25(2,17-10-11-20-21(15-17)34-16-33-20)27-22(30)9-6-14-28-24(32)18-7-4-5-8-19(18)29-23(31)12-13-26(28,29)3/h4-5,7-8,10-11,15H,6,9,12-14,16H2,1-3H3,(H,27,30). The number of carbonyl (C=O) groups excluding carboxylic acids is 3. The Labute approximate surface area is 198 Å². The SMILES string of the molecule is CC(C)(NC(=O)CCCN1C(=O)c2ccccc2N2C(=O)CCC12C)c1ccc2c(c1)OCO2. The number of nitrogens with zero attached hydrogens (tertiary/aromatic N) is 2. The van der Waals surface area contributed by atoms with Gasteiger partial charge < -0.3 is 19.7 Å². The second-order valence-corrected chi connectivity index (χ2v) is 9.76. The highest BCUT2D eigenvalue weighted by molar-refractivity contribution is 6.10. The van der Waals surface area contributed by atoms with E-state index in [0.29, 0.717) is 48.6 Å². The van der Waals surface area contributed by atoms with Crippen LogP contribution in [-0.4, -0.2) is 41.6 Å². The molecule has 0 aromatic heterocycles. The lowest BCUT2D eigenvalue weighted by atomic mass is 9.93. The average Bonchev–Trinajstić information content (AvgIpc) is 3.39. The van der Waals surface area contributed by atoms with Crippen molar-refractivity contribution in [3.8, 4) is 11.5 Å². The Balaban J connectivity index is 1.25. The fourth-order valence-electron chi connectivity index (χ4n) is 5.21. The zero-order valence-corrected chi connectivity index (χ0v) is 19.7. The van der Waals surface area contributed by atoms with E-state index in [-0.39, 0.29) is 30.9 Å². The average molecular weight is 464 g/mol. The summed E-state index contributed by atoms with van der Waals surface area (Å²) in [4.78, 5) is 42.3. The largest absolute Gasteiger partial charge is 0.454 e. The summed E-state index contributed by atoms with van der Waals surface area (Å²) in [5.41, 5.74) is 0.824. The molecule has 3 aliphatic rings. The van der Waals surface area contributed by atoms with Crippen molar-refractivity contribution in [3.63, 3.8) is 0 Å². The van der Waals surface area contributed by atoms with Gasteiger partial charge in [0.15, 0.2) is 11.5 Å². The number of ether oxygens (including phenoxy) is 2. The van der Waals surface area contributed by atoms with Crippen LogP contribution in [0.25, 0.3) is 0 Å². The van der Waals surface area contributed by atoms with Crippen molar-refractivity contribution in [2.45, 2.75) is 57.7 Å². The van der Waals surface area contributed by atoms with Gasteiger partial charge in [-0.1, -0.05) is 18.2 Å². The van der Waals surface area contributed by atoms with Gasteiger partial charge in [-0.25, -0.2) is 0 Å². The maximum atomic E-state index is 13.3. The van der Waals surface area contributed by atoms with Crippen molar-refractivity contribution in [2.75, 3.05) is 18.2 Å². The zero-order chi connectivity index (χ0) is 24.1. The number of amides is 3. The maximum absolute atomic E-state index is 13.3. The van der Waals surface area contributed by atoms with E-state index in [0.717, 1.165) is 5.56 Å². The molecule has 2 aromatic rings. The van der Waals surface area contributed by atoms with Gasteiger partial charge in [0.1, 0.15) is 5.66 Å². The Kier molecular flexibility index (Phi) is 5.26. The number of carbonyl (C=O) groups is 3. The second kappa shape index (κ2) is 8.04. The Morgan fingerprint density at radius 1 is 1.12 bits per heavy atom. The quantitative estimate of drug-likeness (QED) is 0.708. The minimum Gasteiger partial charge on any atom is -0.454 e. The van der Waals surface area contributed by atoms with Crippen molar-refractivity contribution < 1.29 is 23.9 Å². The molecule has 34 heavy (non-hydrogen) atoms. The summed E-state index contributed by atoms with van der Waals surface area (Å²) in [6.07, 6.45) is 1.74. The second-order valence-electron chi connectivity index (χ2n) is 9.76. The van der Waals surface area contributed by atoms with Gasteiger partial charge in [0.05, 0.1) is 16.8 Å². The first-order valence-electron chi connectivity index (χ1n) is 11.7. The lowest BCUT2D eigenvalue weighted by Crippen LogP contribution is -2.62. The van der Waals surface area contributed by atoms with Crippen LogP contribution in [0, 0.1) is 0 Å². The van der Waals surface area contributed by atoms with Crippen molar-refractivity contribution in [2.24, 2.45) is 0 Å². The smallest absolute Gasteiger partial charge is 0.257 e. The minimum absolute atomic E-state index is 0.0238. The molecule has 3 amide bonds. The van der Waals surface area contributed by atoms with Gasteiger partial charge in [0, 0.05) is 19.4 Å². The first-order chi connectivity index (χ1) is 16.2. The molecule has 5 rings (SSSR count). The highest BCUT2D eigenvalue weighted by atomic mass is 16.7. The van der Waals surface area contributed by atoms with Crippen molar-refractivity contribution >= 4 is 23.4 Å². The highest BCUT2D eigenvalue weighted by Gasteiger charge is 2.52. The van der Waals surface area contributed by atoms with Gasteiger partial charge in [0.25, 0.3) is 5.91 Å². The molecule has 8 heteroatoms. The van der Waals surface area contributed by atoms with E-state index < -0.39 is 11.2 Å².